The van der Waals surface area contributed by atoms with Crippen molar-refractivity contribution in [1.82, 2.24) is 5.32 Å². The van der Waals surface area contributed by atoms with Crippen molar-refractivity contribution in [3.8, 4) is 5.75 Å². The average molecular weight is 295 g/mol. The van der Waals surface area contributed by atoms with Gasteiger partial charge in [0, 0.05) is 12.0 Å². The van der Waals surface area contributed by atoms with Crippen LogP contribution in [0.25, 0.3) is 0 Å². The van der Waals surface area contributed by atoms with E-state index >= 15 is 0 Å². The first-order valence-corrected chi connectivity index (χ1v) is 7.56. The smallest absolute Gasteiger partial charge is 0.229 e. The zero-order valence-corrected chi connectivity index (χ0v) is 13.2. The number of benzene rings is 2. The molecule has 3 rings (SSSR count). The molecule has 0 amide bonds. The van der Waals surface area contributed by atoms with Crippen molar-refractivity contribution in [3.63, 3.8) is 0 Å². The highest BCUT2D eigenvalue weighted by molar-refractivity contribution is 6.07. The molecule has 1 aliphatic heterocycles. The van der Waals surface area contributed by atoms with Gasteiger partial charge in [-0.1, -0.05) is 42.5 Å². The van der Waals surface area contributed by atoms with Crippen LogP contribution in [0.2, 0.25) is 0 Å². The van der Waals surface area contributed by atoms with Crippen LogP contribution in [-0.2, 0) is 6.42 Å². The zero-order chi connectivity index (χ0) is 15.8. The highest BCUT2D eigenvalue weighted by atomic mass is 16.5. The van der Waals surface area contributed by atoms with Crippen LogP contribution in [0.1, 0.15) is 36.7 Å². The molecule has 2 aromatic carbocycles. The summed E-state index contributed by atoms with van der Waals surface area (Å²) in [6, 6.07) is 17.4. The molecule has 2 aromatic rings. The van der Waals surface area contributed by atoms with Gasteiger partial charge < -0.3 is 4.74 Å². The summed E-state index contributed by atoms with van der Waals surface area (Å²) < 4.78 is 6.13. The summed E-state index contributed by atoms with van der Waals surface area (Å²) in [5.41, 5.74) is 0.436. The first-order valence-electron chi connectivity index (χ1n) is 7.56. The summed E-state index contributed by atoms with van der Waals surface area (Å²) >= 11 is 0. The highest BCUT2D eigenvalue weighted by Crippen LogP contribution is 2.36. The van der Waals surface area contributed by atoms with Crippen LogP contribution in [0.3, 0.4) is 0 Å². The Morgan fingerprint density at radius 1 is 1.00 bits per heavy atom. The number of ether oxygens (including phenoxy) is 1. The molecule has 0 aromatic heterocycles. The fourth-order valence-electron chi connectivity index (χ4n) is 2.93. The topological polar surface area (TPSA) is 38.3 Å². The molecule has 3 heteroatoms. The minimum atomic E-state index is -1.04. The third-order valence-electron chi connectivity index (χ3n) is 3.66. The van der Waals surface area contributed by atoms with Crippen molar-refractivity contribution in [2.24, 2.45) is 0 Å². The normalized spacial score (nSPS) is 20.6. The largest absolute Gasteiger partial charge is 0.464 e. The number of hydrogen-bond donors (Lipinski definition) is 1. The van der Waals surface area contributed by atoms with Gasteiger partial charge in [0.25, 0.3) is 0 Å². The molecule has 0 fully saturated rings. The van der Waals surface area contributed by atoms with Crippen molar-refractivity contribution in [1.29, 1.82) is 0 Å². The summed E-state index contributed by atoms with van der Waals surface area (Å²) in [5.74, 6) is 0.655. The van der Waals surface area contributed by atoms with Crippen molar-refractivity contribution in [2.75, 3.05) is 0 Å². The number of para-hydroxylation sites is 1. The quantitative estimate of drug-likeness (QED) is 0.940. The maximum Gasteiger partial charge on any atom is 0.229 e. The molecule has 0 aliphatic carbocycles. The average Bonchev–Trinajstić information content (AvgIpc) is 2.71. The van der Waals surface area contributed by atoms with E-state index in [-0.39, 0.29) is 11.3 Å². The Morgan fingerprint density at radius 2 is 1.64 bits per heavy atom. The zero-order valence-electron chi connectivity index (χ0n) is 13.2. The summed E-state index contributed by atoms with van der Waals surface area (Å²) in [4.78, 5) is 13.0. The molecule has 1 N–H and O–H groups in total. The van der Waals surface area contributed by atoms with Gasteiger partial charge in [-0.3, -0.25) is 10.1 Å². The number of Topliss-reactive ketones (excluding diaryl/α,β-unsaturated/α-hetero) is 1. The number of rotatable bonds is 3. The van der Waals surface area contributed by atoms with Crippen LogP contribution in [0, 0.1) is 0 Å². The highest BCUT2D eigenvalue weighted by Gasteiger charge is 2.49. The lowest BCUT2D eigenvalue weighted by molar-refractivity contribution is 0.0265. The maximum atomic E-state index is 13.0. The van der Waals surface area contributed by atoms with Crippen LogP contribution >= 0.6 is 0 Å². The predicted octanol–water partition coefficient (Wildman–Crippen LogP) is 3.59. The van der Waals surface area contributed by atoms with E-state index in [1.54, 1.807) is 0 Å². The minimum absolute atomic E-state index is 0.00174. The van der Waals surface area contributed by atoms with Crippen LogP contribution in [0.4, 0.5) is 0 Å². The van der Waals surface area contributed by atoms with E-state index in [9.17, 15) is 4.79 Å². The molecule has 1 heterocycles. The van der Waals surface area contributed by atoms with E-state index in [1.165, 1.54) is 0 Å². The number of fused-ring (bicyclic) bond motifs is 1. The molecule has 114 valence electrons. The standard InChI is InChI=1S/C19H21NO2/c1-18(2,3)20-19(13-14-9-5-4-6-10-14)17(21)15-11-7-8-12-16(15)22-19/h4-12,20H,13H2,1-3H3. The van der Waals surface area contributed by atoms with Crippen molar-refractivity contribution in [2.45, 2.75) is 38.5 Å². The summed E-state index contributed by atoms with van der Waals surface area (Å²) in [5, 5.41) is 3.41. The molecular weight excluding hydrogens is 274 g/mol. The Hall–Kier alpha value is -2.13. The van der Waals surface area contributed by atoms with Gasteiger partial charge in [-0.2, -0.15) is 0 Å². The molecule has 3 nitrogen and oxygen atoms in total. The van der Waals surface area contributed by atoms with Gasteiger partial charge >= 0.3 is 0 Å². The lowest BCUT2D eigenvalue weighted by Gasteiger charge is -2.35. The van der Waals surface area contributed by atoms with Crippen LogP contribution in [0.5, 0.6) is 5.75 Å². The first kappa shape index (κ1) is 14.8. The Balaban J connectivity index is 2.01. The molecule has 1 unspecified atom stereocenters. The Bertz CT molecular complexity index is 688. The molecule has 0 bridgehead atoms. The Labute approximate surface area is 131 Å². The van der Waals surface area contributed by atoms with Gasteiger partial charge in [0.1, 0.15) is 5.75 Å². The number of ketones is 1. The number of nitrogens with one attached hydrogen (secondary N) is 1. The monoisotopic (exact) mass is 295 g/mol. The fraction of sp³-hybridized carbons (Fsp3) is 0.316. The predicted molar refractivity (Wildman–Crippen MR) is 87.2 cm³/mol. The van der Waals surface area contributed by atoms with Crippen molar-refractivity contribution in [3.05, 3.63) is 65.7 Å². The van der Waals surface area contributed by atoms with Crippen LogP contribution < -0.4 is 10.1 Å². The second-order valence-electron chi connectivity index (χ2n) is 6.79. The fourth-order valence-corrected chi connectivity index (χ4v) is 2.93. The van der Waals surface area contributed by atoms with Gasteiger partial charge in [0.05, 0.1) is 5.56 Å². The van der Waals surface area contributed by atoms with Gasteiger partial charge in [-0.05, 0) is 38.5 Å². The summed E-state index contributed by atoms with van der Waals surface area (Å²) in [6.45, 7) is 6.12. The third kappa shape index (κ3) is 2.77. The van der Waals surface area contributed by atoms with E-state index in [1.807, 2.05) is 75.4 Å². The molecule has 1 aliphatic rings. The van der Waals surface area contributed by atoms with E-state index in [0.717, 1.165) is 5.56 Å². The van der Waals surface area contributed by atoms with Crippen LogP contribution in [0.15, 0.2) is 54.6 Å². The van der Waals surface area contributed by atoms with Crippen LogP contribution in [-0.4, -0.2) is 17.0 Å². The van der Waals surface area contributed by atoms with Gasteiger partial charge in [0.2, 0.25) is 11.5 Å². The molecular formula is C19H21NO2. The summed E-state index contributed by atoms with van der Waals surface area (Å²) in [7, 11) is 0. The van der Waals surface area contributed by atoms with Gasteiger partial charge in [-0.25, -0.2) is 0 Å². The molecule has 0 radical (unpaired) electrons. The summed E-state index contributed by atoms with van der Waals surface area (Å²) in [6.07, 6.45) is 0.499. The molecule has 1 atom stereocenters. The maximum absolute atomic E-state index is 13.0. The van der Waals surface area contributed by atoms with E-state index in [0.29, 0.717) is 17.7 Å². The van der Waals surface area contributed by atoms with Crippen molar-refractivity contribution >= 4 is 5.78 Å². The van der Waals surface area contributed by atoms with Gasteiger partial charge in [0.15, 0.2) is 0 Å². The third-order valence-corrected chi connectivity index (χ3v) is 3.66. The van der Waals surface area contributed by atoms with E-state index < -0.39 is 5.72 Å². The number of carbonyl (C=O) groups is 1. The minimum Gasteiger partial charge on any atom is -0.464 e. The van der Waals surface area contributed by atoms with E-state index in [2.05, 4.69) is 5.32 Å². The SMILES string of the molecule is CC(C)(C)NC1(Cc2ccccc2)Oc2ccccc2C1=O. The second kappa shape index (κ2) is 5.25. The van der Waals surface area contributed by atoms with E-state index in [4.69, 9.17) is 4.74 Å². The lowest BCUT2D eigenvalue weighted by atomic mass is 9.93. The molecule has 0 spiro atoms. The second-order valence-corrected chi connectivity index (χ2v) is 6.79. The molecule has 0 saturated heterocycles. The number of carbonyl (C=O) groups excluding carboxylic acids is 1. The Kier molecular flexibility index (Phi) is 3.53. The van der Waals surface area contributed by atoms with Gasteiger partial charge in [-0.15, -0.1) is 0 Å². The molecule has 22 heavy (non-hydrogen) atoms. The first-order chi connectivity index (χ1) is 10.4. The number of hydrogen-bond acceptors (Lipinski definition) is 3. The lowest BCUT2D eigenvalue weighted by Crippen LogP contribution is -2.61. The molecule has 0 saturated carbocycles. The Morgan fingerprint density at radius 3 is 2.27 bits per heavy atom. The van der Waals surface area contributed by atoms with Crippen molar-refractivity contribution < 1.29 is 9.53 Å².